The Bertz CT molecular complexity index is 771. The third-order valence-corrected chi connectivity index (χ3v) is 5.26. The molecule has 6 nitrogen and oxygen atoms in total. The first-order chi connectivity index (χ1) is 13.6. The van der Waals surface area contributed by atoms with Crippen LogP contribution >= 0.6 is 0 Å². The van der Waals surface area contributed by atoms with Crippen molar-refractivity contribution in [1.82, 2.24) is 10.3 Å². The maximum absolute atomic E-state index is 12.3. The van der Waals surface area contributed by atoms with Crippen molar-refractivity contribution >= 4 is 17.5 Å². The molecule has 0 saturated heterocycles. The van der Waals surface area contributed by atoms with Gasteiger partial charge in [-0.05, 0) is 48.6 Å². The summed E-state index contributed by atoms with van der Waals surface area (Å²) in [6.45, 7) is 0.397. The van der Waals surface area contributed by atoms with Gasteiger partial charge in [0.25, 0.3) is 5.91 Å². The molecule has 0 bridgehead atoms. The van der Waals surface area contributed by atoms with Crippen LogP contribution in [0.1, 0.15) is 60.5 Å². The summed E-state index contributed by atoms with van der Waals surface area (Å²) >= 11 is 0. The standard InChI is InChI=1S/C22H28N4O2/c23-20(15-25-21(27)14-16-4-2-1-3-5-16)17-6-8-18(9-7-17)22(28)26-19-10-12-24-13-11-19/h6-13,16,20H,1-5,14-15,23H2,(H,25,27)(H,24,26,28). The van der Waals surface area contributed by atoms with Crippen LogP contribution in [0.15, 0.2) is 48.8 Å². The monoisotopic (exact) mass is 380 g/mol. The summed E-state index contributed by atoms with van der Waals surface area (Å²) in [5, 5.41) is 5.77. The van der Waals surface area contributed by atoms with E-state index in [1.807, 2.05) is 12.1 Å². The molecule has 1 aliphatic rings. The Morgan fingerprint density at radius 1 is 1.04 bits per heavy atom. The van der Waals surface area contributed by atoms with Gasteiger partial charge in [-0.3, -0.25) is 14.6 Å². The molecular formula is C22H28N4O2. The highest BCUT2D eigenvalue weighted by Crippen LogP contribution is 2.26. The zero-order valence-corrected chi connectivity index (χ0v) is 16.1. The molecule has 1 saturated carbocycles. The van der Waals surface area contributed by atoms with Crippen LogP contribution in [0.5, 0.6) is 0 Å². The van der Waals surface area contributed by atoms with Crippen molar-refractivity contribution < 1.29 is 9.59 Å². The largest absolute Gasteiger partial charge is 0.354 e. The number of anilines is 1. The number of nitrogens with one attached hydrogen (secondary N) is 2. The quantitative estimate of drug-likeness (QED) is 0.685. The zero-order chi connectivity index (χ0) is 19.8. The first-order valence-corrected chi connectivity index (χ1v) is 9.95. The van der Waals surface area contributed by atoms with Crippen molar-refractivity contribution in [3.05, 3.63) is 59.9 Å². The van der Waals surface area contributed by atoms with Gasteiger partial charge in [-0.25, -0.2) is 0 Å². The zero-order valence-electron chi connectivity index (χ0n) is 16.1. The molecule has 3 rings (SSSR count). The molecule has 148 valence electrons. The highest BCUT2D eigenvalue weighted by atomic mass is 16.2. The van der Waals surface area contributed by atoms with Crippen LogP contribution in [-0.4, -0.2) is 23.3 Å². The summed E-state index contributed by atoms with van der Waals surface area (Å²) in [7, 11) is 0. The Labute approximate surface area is 165 Å². The fourth-order valence-electron chi connectivity index (χ4n) is 3.59. The minimum Gasteiger partial charge on any atom is -0.354 e. The Hall–Kier alpha value is -2.73. The average Bonchev–Trinajstić information content (AvgIpc) is 2.73. The van der Waals surface area contributed by atoms with Gasteiger partial charge in [-0.1, -0.05) is 31.4 Å². The fraction of sp³-hybridized carbons (Fsp3) is 0.409. The van der Waals surface area contributed by atoms with Gasteiger partial charge in [0.2, 0.25) is 5.91 Å². The fourth-order valence-corrected chi connectivity index (χ4v) is 3.59. The van der Waals surface area contributed by atoms with Gasteiger partial charge >= 0.3 is 0 Å². The molecule has 1 heterocycles. The molecule has 2 aromatic rings. The molecule has 0 aliphatic heterocycles. The Kier molecular flexibility index (Phi) is 7.14. The summed E-state index contributed by atoms with van der Waals surface area (Å²) in [5.41, 5.74) is 8.34. The Morgan fingerprint density at radius 3 is 2.39 bits per heavy atom. The second kappa shape index (κ2) is 9.99. The lowest BCUT2D eigenvalue weighted by molar-refractivity contribution is -0.122. The van der Waals surface area contributed by atoms with E-state index < -0.39 is 0 Å². The number of hydrogen-bond acceptors (Lipinski definition) is 4. The average molecular weight is 380 g/mol. The molecular weight excluding hydrogens is 352 g/mol. The Balaban J connectivity index is 1.47. The number of carbonyl (C=O) groups excluding carboxylic acids is 2. The van der Waals surface area contributed by atoms with Crippen molar-refractivity contribution in [3.63, 3.8) is 0 Å². The van der Waals surface area contributed by atoms with Crippen LogP contribution < -0.4 is 16.4 Å². The van der Waals surface area contributed by atoms with Crippen molar-refractivity contribution in [3.8, 4) is 0 Å². The Morgan fingerprint density at radius 2 is 1.71 bits per heavy atom. The van der Waals surface area contributed by atoms with E-state index in [1.165, 1.54) is 19.3 Å². The van der Waals surface area contributed by atoms with E-state index >= 15 is 0 Å². The van der Waals surface area contributed by atoms with Gasteiger partial charge in [-0.15, -0.1) is 0 Å². The molecule has 6 heteroatoms. The van der Waals surface area contributed by atoms with Crippen LogP contribution in [0.25, 0.3) is 0 Å². The van der Waals surface area contributed by atoms with Crippen molar-refractivity contribution in [2.24, 2.45) is 11.7 Å². The van der Waals surface area contributed by atoms with Crippen molar-refractivity contribution in [1.29, 1.82) is 0 Å². The number of carbonyl (C=O) groups is 2. The van der Waals surface area contributed by atoms with E-state index in [9.17, 15) is 9.59 Å². The molecule has 0 spiro atoms. The second-order valence-corrected chi connectivity index (χ2v) is 7.43. The minimum atomic E-state index is -0.299. The minimum absolute atomic E-state index is 0.0794. The van der Waals surface area contributed by atoms with E-state index in [-0.39, 0.29) is 17.9 Å². The van der Waals surface area contributed by atoms with E-state index in [0.717, 1.165) is 18.4 Å². The second-order valence-electron chi connectivity index (χ2n) is 7.43. The number of benzene rings is 1. The van der Waals surface area contributed by atoms with Gasteiger partial charge < -0.3 is 16.4 Å². The van der Waals surface area contributed by atoms with Gasteiger partial charge in [0, 0.05) is 42.7 Å². The molecule has 1 aromatic heterocycles. The molecule has 1 aliphatic carbocycles. The lowest BCUT2D eigenvalue weighted by Crippen LogP contribution is -2.33. The van der Waals surface area contributed by atoms with Crippen LogP contribution in [0.4, 0.5) is 5.69 Å². The first-order valence-electron chi connectivity index (χ1n) is 9.95. The maximum Gasteiger partial charge on any atom is 0.255 e. The summed E-state index contributed by atoms with van der Waals surface area (Å²) in [4.78, 5) is 28.3. The third-order valence-electron chi connectivity index (χ3n) is 5.26. The van der Waals surface area contributed by atoms with Crippen LogP contribution in [0, 0.1) is 5.92 Å². The number of rotatable bonds is 7. The molecule has 2 amide bonds. The lowest BCUT2D eigenvalue weighted by Gasteiger charge is -2.21. The highest BCUT2D eigenvalue weighted by Gasteiger charge is 2.17. The maximum atomic E-state index is 12.3. The highest BCUT2D eigenvalue weighted by molar-refractivity contribution is 6.04. The molecule has 1 unspecified atom stereocenters. The van der Waals surface area contributed by atoms with Crippen LogP contribution in [-0.2, 0) is 4.79 Å². The lowest BCUT2D eigenvalue weighted by atomic mass is 9.87. The normalized spacial score (nSPS) is 15.6. The van der Waals surface area contributed by atoms with Gasteiger partial charge in [0.15, 0.2) is 0 Å². The van der Waals surface area contributed by atoms with E-state index in [2.05, 4.69) is 15.6 Å². The first kappa shape index (κ1) is 20.0. The number of hydrogen-bond donors (Lipinski definition) is 3. The summed E-state index contributed by atoms with van der Waals surface area (Å²) in [6, 6.07) is 10.3. The number of nitrogens with zero attached hydrogens (tertiary/aromatic N) is 1. The van der Waals surface area contributed by atoms with Crippen LogP contribution in [0.2, 0.25) is 0 Å². The number of aromatic nitrogens is 1. The summed E-state index contributed by atoms with van der Waals surface area (Å²) in [6.07, 6.45) is 9.92. The summed E-state index contributed by atoms with van der Waals surface area (Å²) < 4.78 is 0. The summed E-state index contributed by atoms with van der Waals surface area (Å²) in [5.74, 6) is 0.408. The topological polar surface area (TPSA) is 97.1 Å². The predicted molar refractivity (Wildman–Crippen MR) is 110 cm³/mol. The molecule has 28 heavy (non-hydrogen) atoms. The SMILES string of the molecule is NC(CNC(=O)CC1CCCCC1)c1ccc(C(=O)Nc2ccncc2)cc1. The number of amides is 2. The van der Waals surface area contributed by atoms with Crippen molar-refractivity contribution in [2.45, 2.75) is 44.6 Å². The van der Waals surface area contributed by atoms with E-state index in [4.69, 9.17) is 5.73 Å². The molecule has 1 fully saturated rings. The van der Waals surface area contributed by atoms with Gasteiger partial charge in [-0.2, -0.15) is 0 Å². The van der Waals surface area contributed by atoms with Crippen molar-refractivity contribution in [2.75, 3.05) is 11.9 Å². The molecule has 1 atom stereocenters. The number of nitrogens with two attached hydrogens (primary N) is 1. The molecule has 1 aromatic carbocycles. The van der Waals surface area contributed by atoms with E-state index in [1.54, 1.807) is 36.7 Å². The van der Waals surface area contributed by atoms with Crippen LogP contribution in [0.3, 0.4) is 0 Å². The predicted octanol–water partition coefficient (Wildman–Crippen LogP) is 3.42. The number of pyridine rings is 1. The third kappa shape index (κ3) is 5.89. The molecule has 0 radical (unpaired) electrons. The van der Waals surface area contributed by atoms with E-state index in [0.29, 0.717) is 30.1 Å². The van der Waals surface area contributed by atoms with Gasteiger partial charge in [0.1, 0.15) is 0 Å². The smallest absolute Gasteiger partial charge is 0.255 e. The van der Waals surface area contributed by atoms with Gasteiger partial charge in [0.05, 0.1) is 0 Å². The molecule has 4 N–H and O–H groups in total.